The molecule has 0 saturated carbocycles. The topological polar surface area (TPSA) is 15.3 Å². The van der Waals surface area contributed by atoms with E-state index < -0.39 is 0 Å². The Morgan fingerprint density at radius 2 is 2.35 bits per heavy atom. The lowest BCUT2D eigenvalue weighted by atomic mass is 9.75. The third kappa shape index (κ3) is 1.14. The fraction of sp³-hybridized carbons (Fsp3) is 0.600. The van der Waals surface area contributed by atoms with Crippen molar-refractivity contribution in [1.29, 1.82) is 0 Å². The molecule has 1 saturated heterocycles. The maximum absolute atomic E-state index is 3.60. The normalized spacial score (nSPS) is 34.4. The van der Waals surface area contributed by atoms with Crippen LogP contribution in [0.2, 0.25) is 0 Å². The van der Waals surface area contributed by atoms with Crippen LogP contribution >= 0.6 is 0 Å². The fourth-order valence-corrected chi connectivity index (χ4v) is 4.25. The van der Waals surface area contributed by atoms with Crippen LogP contribution in [0.1, 0.15) is 30.9 Å². The number of fused-ring (bicyclic) bond motifs is 3. The van der Waals surface area contributed by atoms with Crippen molar-refractivity contribution in [3.05, 3.63) is 29.3 Å². The molecule has 1 fully saturated rings. The van der Waals surface area contributed by atoms with E-state index in [0.29, 0.717) is 5.41 Å². The molecule has 2 nitrogen and oxygen atoms in total. The Hall–Kier alpha value is -1.02. The van der Waals surface area contributed by atoms with E-state index in [2.05, 4.69) is 35.3 Å². The van der Waals surface area contributed by atoms with Gasteiger partial charge in [0, 0.05) is 30.2 Å². The zero-order valence-corrected chi connectivity index (χ0v) is 10.5. The van der Waals surface area contributed by atoms with Gasteiger partial charge in [0.25, 0.3) is 0 Å². The first kappa shape index (κ1) is 9.95. The van der Waals surface area contributed by atoms with Gasteiger partial charge in [-0.3, -0.25) is 0 Å². The third-order valence-electron chi connectivity index (χ3n) is 5.07. The predicted molar refractivity (Wildman–Crippen MR) is 70.7 cm³/mol. The third-order valence-corrected chi connectivity index (χ3v) is 5.07. The molecule has 2 atom stereocenters. The van der Waals surface area contributed by atoms with Gasteiger partial charge in [0.2, 0.25) is 0 Å². The van der Waals surface area contributed by atoms with Crippen molar-refractivity contribution < 1.29 is 0 Å². The summed E-state index contributed by atoms with van der Waals surface area (Å²) < 4.78 is 0. The van der Waals surface area contributed by atoms with E-state index in [1.165, 1.54) is 32.4 Å². The van der Waals surface area contributed by atoms with E-state index >= 15 is 0 Å². The minimum atomic E-state index is 0.341. The largest absolute Gasteiger partial charge is 0.367 e. The molecule has 2 heteroatoms. The number of anilines is 1. The summed E-state index contributed by atoms with van der Waals surface area (Å²) in [5, 5.41) is 3.60. The number of para-hydroxylation sites is 1. The Kier molecular flexibility index (Phi) is 1.91. The molecule has 0 spiro atoms. The molecule has 0 aliphatic carbocycles. The molecule has 0 unspecified atom stereocenters. The summed E-state index contributed by atoms with van der Waals surface area (Å²) in [6, 6.07) is 7.70. The number of nitrogens with one attached hydrogen (secondary N) is 1. The van der Waals surface area contributed by atoms with Crippen molar-refractivity contribution in [2.45, 2.75) is 37.6 Å². The highest BCUT2D eigenvalue weighted by Gasteiger charge is 2.49. The number of benzene rings is 1. The number of hydrogen-bond donors (Lipinski definition) is 1. The molecule has 4 rings (SSSR count). The lowest BCUT2D eigenvalue weighted by molar-refractivity contribution is 0.297. The summed E-state index contributed by atoms with van der Waals surface area (Å²) in [6.07, 6.45) is 3.90. The smallest absolute Gasteiger partial charge is 0.0441 e. The first-order valence-electron chi connectivity index (χ1n) is 6.90. The molecular weight excluding hydrogens is 208 g/mol. The van der Waals surface area contributed by atoms with Gasteiger partial charge in [-0.2, -0.15) is 0 Å². The molecule has 0 aromatic heterocycles. The van der Waals surface area contributed by atoms with E-state index in [9.17, 15) is 0 Å². The number of rotatable bonds is 0. The van der Waals surface area contributed by atoms with Gasteiger partial charge in [-0.05, 0) is 36.9 Å². The highest BCUT2D eigenvalue weighted by Crippen LogP contribution is 2.50. The maximum atomic E-state index is 3.60. The summed E-state index contributed by atoms with van der Waals surface area (Å²) >= 11 is 0. The minimum absolute atomic E-state index is 0.341. The van der Waals surface area contributed by atoms with Crippen LogP contribution < -0.4 is 10.2 Å². The lowest BCUT2D eigenvalue weighted by Crippen LogP contribution is -2.54. The number of aryl methyl sites for hydroxylation is 1. The second-order valence-electron chi connectivity index (χ2n) is 6.01. The van der Waals surface area contributed by atoms with Gasteiger partial charge >= 0.3 is 0 Å². The summed E-state index contributed by atoms with van der Waals surface area (Å²) in [5.41, 5.74) is 5.12. The van der Waals surface area contributed by atoms with Crippen molar-refractivity contribution >= 4 is 5.69 Å². The van der Waals surface area contributed by atoms with Gasteiger partial charge in [0.15, 0.2) is 0 Å². The minimum Gasteiger partial charge on any atom is -0.367 e. The molecular formula is C15H20N2. The second-order valence-corrected chi connectivity index (χ2v) is 6.01. The molecule has 0 radical (unpaired) electrons. The van der Waals surface area contributed by atoms with E-state index in [-0.39, 0.29) is 0 Å². The van der Waals surface area contributed by atoms with Gasteiger partial charge in [-0.25, -0.2) is 0 Å². The van der Waals surface area contributed by atoms with Crippen LogP contribution in [0.25, 0.3) is 0 Å². The zero-order valence-electron chi connectivity index (χ0n) is 10.5. The van der Waals surface area contributed by atoms with Crippen molar-refractivity contribution in [3.8, 4) is 0 Å². The van der Waals surface area contributed by atoms with Gasteiger partial charge in [-0.15, -0.1) is 0 Å². The van der Waals surface area contributed by atoms with Crippen LogP contribution in [0.3, 0.4) is 0 Å². The lowest BCUT2D eigenvalue weighted by Gasteiger charge is -2.41. The Morgan fingerprint density at radius 3 is 3.29 bits per heavy atom. The standard InChI is InChI=1S/C15H20N2/c1-15-10-16-8-7-13(15)17-9-3-5-11-4-2-6-12(15)14(11)17/h2,4,6,13,16H,3,5,7-10H2,1H3/t13-,15-/m0/s1. The van der Waals surface area contributed by atoms with Gasteiger partial charge < -0.3 is 10.2 Å². The van der Waals surface area contributed by atoms with Crippen LogP contribution in [-0.4, -0.2) is 25.7 Å². The average Bonchev–Trinajstić information content (AvgIpc) is 2.63. The number of nitrogens with zero attached hydrogens (tertiary/aromatic N) is 1. The van der Waals surface area contributed by atoms with Gasteiger partial charge in [0.1, 0.15) is 0 Å². The van der Waals surface area contributed by atoms with E-state index in [1.807, 2.05) is 0 Å². The van der Waals surface area contributed by atoms with Crippen molar-refractivity contribution in [2.75, 3.05) is 24.5 Å². The quantitative estimate of drug-likeness (QED) is 0.731. The van der Waals surface area contributed by atoms with Crippen LogP contribution in [-0.2, 0) is 11.8 Å². The summed E-state index contributed by atoms with van der Waals surface area (Å²) in [5.74, 6) is 0. The first-order chi connectivity index (χ1) is 8.31. The van der Waals surface area contributed by atoms with Crippen molar-refractivity contribution in [1.82, 2.24) is 5.32 Å². The zero-order chi connectivity index (χ0) is 11.5. The van der Waals surface area contributed by atoms with Gasteiger partial charge in [-0.1, -0.05) is 25.1 Å². The second kappa shape index (κ2) is 3.26. The highest BCUT2D eigenvalue weighted by molar-refractivity contribution is 5.70. The molecule has 3 heterocycles. The molecule has 0 bridgehead atoms. The fourth-order valence-electron chi connectivity index (χ4n) is 4.25. The number of hydrogen-bond acceptors (Lipinski definition) is 2. The molecule has 1 aromatic carbocycles. The van der Waals surface area contributed by atoms with Crippen molar-refractivity contribution in [3.63, 3.8) is 0 Å². The predicted octanol–water partition coefficient (Wildman–Crippen LogP) is 2.07. The Bertz CT molecular complexity index is 468. The van der Waals surface area contributed by atoms with Crippen LogP contribution in [0.5, 0.6) is 0 Å². The summed E-state index contributed by atoms with van der Waals surface area (Å²) in [7, 11) is 0. The molecule has 17 heavy (non-hydrogen) atoms. The first-order valence-corrected chi connectivity index (χ1v) is 6.90. The monoisotopic (exact) mass is 228 g/mol. The van der Waals surface area contributed by atoms with E-state index in [1.54, 1.807) is 16.8 Å². The summed E-state index contributed by atoms with van der Waals surface area (Å²) in [6.45, 7) is 6.05. The molecule has 1 N–H and O–H groups in total. The molecule has 90 valence electrons. The van der Waals surface area contributed by atoms with E-state index in [0.717, 1.165) is 12.6 Å². The van der Waals surface area contributed by atoms with Crippen molar-refractivity contribution in [2.24, 2.45) is 0 Å². The highest BCUT2D eigenvalue weighted by atomic mass is 15.2. The van der Waals surface area contributed by atoms with Crippen LogP contribution in [0, 0.1) is 0 Å². The SMILES string of the molecule is C[C@@]12CNCC[C@@H]1N1CCCc3cccc2c31. The Morgan fingerprint density at radius 1 is 1.41 bits per heavy atom. The summed E-state index contributed by atoms with van der Waals surface area (Å²) in [4.78, 5) is 2.72. The van der Waals surface area contributed by atoms with Crippen LogP contribution in [0.15, 0.2) is 18.2 Å². The maximum Gasteiger partial charge on any atom is 0.0441 e. The molecule has 3 aliphatic rings. The van der Waals surface area contributed by atoms with Gasteiger partial charge in [0.05, 0.1) is 0 Å². The molecule has 1 aromatic rings. The average molecular weight is 228 g/mol. The van der Waals surface area contributed by atoms with Crippen LogP contribution in [0.4, 0.5) is 5.69 Å². The molecule has 0 amide bonds. The number of piperidine rings is 1. The molecule has 3 aliphatic heterocycles. The Labute approximate surface area is 103 Å². The van der Waals surface area contributed by atoms with E-state index in [4.69, 9.17) is 0 Å². The Balaban J connectivity index is 1.95.